The molecule has 0 radical (unpaired) electrons. The summed E-state index contributed by atoms with van der Waals surface area (Å²) in [6.07, 6.45) is 0. The lowest BCUT2D eigenvalue weighted by Gasteiger charge is -2.27. The first-order chi connectivity index (χ1) is 12.4. The van der Waals surface area contributed by atoms with Crippen LogP contribution in [-0.4, -0.2) is 42.3 Å². The van der Waals surface area contributed by atoms with Gasteiger partial charge in [0.1, 0.15) is 5.82 Å². The second-order valence-electron chi connectivity index (χ2n) is 5.73. The minimum absolute atomic E-state index is 0.0488. The highest BCUT2D eigenvalue weighted by atomic mass is 35.5. The number of nitrogens with one attached hydrogen (secondary N) is 2. The van der Waals surface area contributed by atoms with E-state index in [9.17, 15) is 18.8 Å². The fraction of sp³-hybridized carbons (Fsp3) is 0.167. The first-order valence-electron chi connectivity index (χ1n) is 7.86. The molecule has 0 aromatic heterocycles. The molecule has 0 atom stereocenters. The summed E-state index contributed by atoms with van der Waals surface area (Å²) in [5.41, 5.74) is 0.685. The summed E-state index contributed by atoms with van der Waals surface area (Å²) in [6, 6.07) is 9.51. The highest BCUT2D eigenvalue weighted by molar-refractivity contribution is 6.31. The van der Waals surface area contributed by atoms with Crippen molar-refractivity contribution in [2.24, 2.45) is 0 Å². The van der Waals surface area contributed by atoms with E-state index in [1.165, 1.54) is 47.4 Å². The van der Waals surface area contributed by atoms with E-state index >= 15 is 0 Å². The normalized spacial score (nSPS) is 13.9. The lowest BCUT2D eigenvalue weighted by molar-refractivity contribution is -0.123. The number of benzene rings is 2. The number of amides is 3. The van der Waals surface area contributed by atoms with Gasteiger partial charge in [0.25, 0.3) is 11.8 Å². The summed E-state index contributed by atoms with van der Waals surface area (Å²) in [6.45, 7) is 0.695. The van der Waals surface area contributed by atoms with Gasteiger partial charge in [0, 0.05) is 23.7 Å². The van der Waals surface area contributed by atoms with Crippen molar-refractivity contribution in [2.45, 2.75) is 0 Å². The minimum atomic E-state index is -0.502. The van der Waals surface area contributed by atoms with Crippen molar-refractivity contribution >= 4 is 35.0 Å². The molecular formula is C18H15ClFN3O3. The zero-order valence-corrected chi connectivity index (χ0v) is 14.3. The monoisotopic (exact) mass is 375 g/mol. The third-order valence-electron chi connectivity index (χ3n) is 3.89. The van der Waals surface area contributed by atoms with E-state index < -0.39 is 11.7 Å². The van der Waals surface area contributed by atoms with E-state index in [2.05, 4.69) is 10.6 Å². The molecule has 1 saturated heterocycles. The molecule has 134 valence electrons. The van der Waals surface area contributed by atoms with Crippen LogP contribution in [0.25, 0.3) is 0 Å². The molecule has 2 aromatic rings. The largest absolute Gasteiger partial charge is 0.353 e. The van der Waals surface area contributed by atoms with Gasteiger partial charge in [0.05, 0.1) is 17.8 Å². The Morgan fingerprint density at radius 2 is 1.88 bits per heavy atom. The molecule has 1 aliphatic rings. The number of rotatable bonds is 3. The molecule has 3 amide bonds. The SMILES string of the molecule is O=C1CN(C(=O)c2ccc(Cl)cc2NC(=O)c2ccc(F)cc2)CCN1. The smallest absolute Gasteiger partial charge is 0.256 e. The fourth-order valence-electron chi connectivity index (χ4n) is 2.58. The summed E-state index contributed by atoms with van der Waals surface area (Å²) in [4.78, 5) is 38.0. The average molecular weight is 376 g/mol. The molecule has 8 heteroatoms. The molecular weight excluding hydrogens is 361 g/mol. The Hall–Kier alpha value is -2.93. The Morgan fingerprint density at radius 1 is 1.15 bits per heavy atom. The molecule has 0 spiro atoms. The van der Waals surface area contributed by atoms with Gasteiger partial charge in [-0.2, -0.15) is 0 Å². The minimum Gasteiger partial charge on any atom is -0.353 e. The van der Waals surface area contributed by atoms with E-state index in [0.29, 0.717) is 18.1 Å². The maximum Gasteiger partial charge on any atom is 0.256 e. The predicted octanol–water partition coefficient (Wildman–Crippen LogP) is 2.30. The average Bonchev–Trinajstić information content (AvgIpc) is 2.62. The first kappa shape index (κ1) is 17.9. The molecule has 1 fully saturated rings. The first-order valence-corrected chi connectivity index (χ1v) is 8.24. The van der Waals surface area contributed by atoms with Gasteiger partial charge in [-0.15, -0.1) is 0 Å². The Labute approximate surface area is 153 Å². The van der Waals surface area contributed by atoms with E-state index in [1.54, 1.807) is 0 Å². The van der Waals surface area contributed by atoms with Crippen LogP contribution in [0.2, 0.25) is 5.02 Å². The van der Waals surface area contributed by atoms with Crippen molar-refractivity contribution in [1.82, 2.24) is 10.2 Å². The van der Waals surface area contributed by atoms with Crippen molar-refractivity contribution < 1.29 is 18.8 Å². The van der Waals surface area contributed by atoms with Crippen LogP contribution in [0.15, 0.2) is 42.5 Å². The fourth-order valence-corrected chi connectivity index (χ4v) is 2.76. The van der Waals surface area contributed by atoms with Gasteiger partial charge < -0.3 is 15.5 Å². The summed E-state index contributed by atoms with van der Waals surface area (Å²) in [5, 5.41) is 5.61. The molecule has 2 aromatic carbocycles. The van der Waals surface area contributed by atoms with Gasteiger partial charge in [-0.3, -0.25) is 14.4 Å². The number of carbonyl (C=O) groups is 3. The maximum absolute atomic E-state index is 13.0. The van der Waals surface area contributed by atoms with Crippen LogP contribution in [0, 0.1) is 5.82 Å². The van der Waals surface area contributed by atoms with Crippen molar-refractivity contribution in [2.75, 3.05) is 25.0 Å². The summed E-state index contributed by atoms with van der Waals surface area (Å²) < 4.78 is 13.0. The summed E-state index contributed by atoms with van der Waals surface area (Å²) >= 11 is 5.99. The summed E-state index contributed by atoms with van der Waals surface area (Å²) in [5.74, 6) is -1.58. The quantitative estimate of drug-likeness (QED) is 0.864. The second kappa shape index (κ2) is 7.53. The third kappa shape index (κ3) is 4.00. The topological polar surface area (TPSA) is 78.5 Å². The number of anilines is 1. The highest BCUT2D eigenvalue weighted by Gasteiger charge is 2.25. The maximum atomic E-state index is 13.0. The number of piperazine rings is 1. The molecule has 0 saturated carbocycles. The van der Waals surface area contributed by atoms with Crippen molar-refractivity contribution in [1.29, 1.82) is 0 Å². The van der Waals surface area contributed by atoms with Crippen LogP contribution in [-0.2, 0) is 4.79 Å². The number of hydrogen-bond acceptors (Lipinski definition) is 3. The van der Waals surface area contributed by atoms with Gasteiger partial charge in [-0.05, 0) is 42.5 Å². The van der Waals surface area contributed by atoms with Gasteiger partial charge >= 0.3 is 0 Å². The Kier molecular flexibility index (Phi) is 5.18. The Morgan fingerprint density at radius 3 is 2.58 bits per heavy atom. The van der Waals surface area contributed by atoms with Gasteiger partial charge in [0.2, 0.25) is 5.91 Å². The lowest BCUT2D eigenvalue weighted by atomic mass is 10.1. The van der Waals surface area contributed by atoms with E-state index in [0.717, 1.165) is 0 Å². The van der Waals surface area contributed by atoms with Crippen LogP contribution in [0.3, 0.4) is 0 Å². The van der Waals surface area contributed by atoms with Gasteiger partial charge in [-0.1, -0.05) is 11.6 Å². The third-order valence-corrected chi connectivity index (χ3v) is 4.13. The Balaban J connectivity index is 1.85. The van der Waals surface area contributed by atoms with Crippen LogP contribution in [0.5, 0.6) is 0 Å². The van der Waals surface area contributed by atoms with Gasteiger partial charge in [-0.25, -0.2) is 4.39 Å². The zero-order chi connectivity index (χ0) is 18.7. The van der Waals surface area contributed by atoms with Crippen molar-refractivity contribution in [3.05, 3.63) is 64.4 Å². The molecule has 3 rings (SSSR count). The molecule has 2 N–H and O–H groups in total. The predicted molar refractivity (Wildman–Crippen MR) is 94.7 cm³/mol. The van der Waals surface area contributed by atoms with Gasteiger partial charge in [0.15, 0.2) is 0 Å². The molecule has 0 unspecified atom stereocenters. The standard InChI is InChI=1S/C18H15ClFN3O3/c19-12-3-6-14(18(26)23-8-7-21-16(24)10-23)15(9-12)22-17(25)11-1-4-13(20)5-2-11/h1-6,9H,7-8,10H2,(H,21,24)(H,22,25). The molecule has 0 bridgehead atoms. The zero-order valence-electron chi connectivity index (χ0n) is 13.6. The number of nitrogens with zero attached hydrogens (tertiary/aromatic N) is 1. The van der Waals surface area contributed by atoms with Crippen LogP contribution in [0.1, 0.15) is 20.7 Å². The molecule has 1 heterocycles. The summed E-state index contributed by atoms with van der Waals surface area (Å²) in [7, 11) is 0. The molecule has 26 heavy (non-hydrogen) atoms. The molecule has 1 aliphatic heterocycles. The number of carbonyl (C=O) groups excluding carboxylic acids is 3. The van der Waals surface area contributed by atoms with Crippen LogP contribution >= 0.6 is 11.6 Å². The van der Waals surface area contributed by atoms with Crippen molar-refractivity contribution in [3.8, 4) is 0 Å². The van der Waals surface area contributed by atoms with E-state index in [1.807, 2.05) is 0 Å². The van der Waals surface area contributed by atoms with E-state index in [4.69, 9.17) is 11.6 Å². The van der Waals surface area contributed by atoms with E-state index in [-0.39, 0.29) is 35.2 Å². The lowest BCUT2D eigenvalue weighted by Crippen LogP contribution is -2.50. The highest BCUT2D eigenvalue weighted by Crippen LogP contribution is 2.23. The van der Waals surface area contributed by atoms with Crippen molar-refractivity contribution in [3.63, 3.8) is 0 Å². The van der Waals surface area contributed by atoms with Crippen LogP contribution < -0.4 is 10.6 Å². The second-order valence-corrected chi connectivity index (χ2v) is 6.16. The molecule has 0 aliphatic carbocycles. The number of halogens is 2. The molecule has 6 nitrogen and oxygen atoms in total. The Bertz CT molecular complexity index is 870. The van der Waals surface area contributed by atoms with Crippen LogP contribution in [0.4, 0.5) is 10.1 Å². The number of hydrogen-bond donors (Lipinski definition) is 2.